The highest BCUT2D eigenvalue weighted by molar-refractivity contribution is 5.94. The van der Waals surface area contributed by atoms with Crippen LogP contribution >= 0.6 is 0 Å². The molecular formula is C19H30N4O3. The monoisotopic (exact) mass is 362 g/mol. The highest BCUT2D eigenvalue weighted by Crippen LogP contribution is 2.19. The number of ether oxygens (including phenoxy) is 1. The van der Waals surface area contributed by atoms with Crippen LogP contribution in [0.25, 0.3) is 0 Å². The lowest BCUT2D eigenvalue weighted by Crippen LogP contribution is -2.45. The molecule has 1 fully saturated rings. The fraction of sp³-hybridized carbons (Fsp3) is 0.632. The van der Waals surface area contributed by atoms with Gasteiger partial charge in [-0.3, -0.25) is 4.79 Å². The van der Waals surface area contributed by atoms with E-state index in [0.29, 0.717) is 25.2 Å². The van der Waals surface area contributed by atoms with E-state index in [4.69, 9.17) is 4.74 Å². The predicted molar refractivity (Wildman–Crippen MR) is 101 cm³/mol. The number of carbonyl (C=O) groups excluding carboxylic acids is 2. The second-order valence-corrected chi connectivity index (χ2v) is 7.94. The van der Waals surface area contributed by atoms with E-state index >= 15 is 0 Å². The van der Waals surface area contributed by atoms with Crippen LogP contribution in [-0.4, -0.2) is 61.2 Å². The van der Waals surface area contributed by atoms with Gasteiger partial charge in [-0.15, -0.1) is 0 Å². The molecule has 26 heavy (non-hydrogen) atoms. The van der Waals surface area contributed by atoms with Gasteiger partial charge in [0.2, 0.25) is 0 Å². The maximum atomic E-state index is 12.4. The van der Waals surface area contributed by atoms with Crippen molar-refractivity contribution in [1.29, 1.82) is 0 Å². The van der Waals surface area contributed by atoms with Crippen LogP contribution in [0, 0.1) is 5.92 Å². The van der Waals surface area contributed by atoms with Crippen molar-refractivity contribution < 1.29 is 14.3 Å². The van der Waals surface area contributed by atoms with Gasteiger partial charge in [-0.05, 0) is 51.7 Å². The molecule has 1 unspecified atom stereocenters. The van der Waals surface area contributed by atoms with Crippen LogP contribution in [0.3, 0.4) is 0 Å². The molecule has 2 rings (SSSR count). The molecule has 1 aromatic heterocycles. The number of hydrogen-bond donors (Lipinski definition) is 1. The first-order valence-corrected chi connectivity index (χ1v) is 9.05. The molecule has 2 amide bonds. The Bertz CT molecular complexity index is 640. The van der Waals surface area contributed by atoms with Gasteiger partial charge in [0.25, 0.3) is 5.91 Å². The average molecular weight is 362 g/mol. The third-order valence-electron chi connectivity index (χ3n) is 4.19. The molecule has 1 aromatic rings. The molecule has 1 N–H and O–H groups in total. The molecule has 0 saturated carbocycles. The summed E-state index contributed by atoms with van der Waals surface area (Å²) in [4.78, 5) is 32.4. The number of anilines is 1. The molecule has 144 valence electrons. The third kappa shape index (κ3) is 5.89. The maximum absolute atomic E-state index is 12.4. The maximum Gasteiger partial charge on any atom is 0.410 e. The topological polar surface area (TPSA) is 74.8 Å². The van der Waals surface area contributed by atoms with E-state index in [0.717, 1.165) is 18.7 Å². The van der Waals surface area contributed by atoms with Crippen molar-refractivity contribution in [3.05, 3.63) is 23.9 Å². The lowest BCUT2D eigenvalue weighted by molar-refractivity contribution is 0.0167. The summed E-state index contributed by atoms with van der Waals surface area (Å²) in [6.07, 6.45) is 3.26. The first kappa shape index (κ1) is 20.0. The lowest BCUT2D eigenvalue weighted by atomic mass is 9.98. The Balaban J connectivity index is 1.88. The molecule has 0 spiro atoms. The van der Waals surface area contributed by atoms with E-state index in [2.05, 4.69) is 10.3 Å². The minimum Gasteiger partial charge on any atom is -0.444 e. The predicted octanol–water partition coefficient (Wildman–Crippen LogP) is 2.52. The fourth-order valence-electron chi connectivity index (χ4n) is 2.87. The second-order valence-electron chi connectivity index (χ2n) is 7.94. The van der Waals surface area contributed by atoms with Crippen LogP contribution < -0.4 is 10.2 Å². The number of pyridine rings is 1. The van der Waals surface area contributed by atoms with Gasteiger partial charge in [0.05, 0.1) is 0 Å². The SMILES string of the molecule is CN(C)c1cc(C(=O)NCC2CCCN(C(=O)OC(C)(C)C)C2)ccn1. The largest absolute Gasteiger partial charge is 0.444 e. The first-order valence-electron chi connectivity index (χ1n) is 9.05. The molecule has 0 aromatic carbocycles. The molecule has 1 atom stereocenters. The summed E-state index contributed by atoms with van der Waals surface area (Å²) in [6, 6.07) is 3.47. The zero-order valence-electron chi connectivity index (χ0n) is 16.4. The van der Waals surface area contributed by atoms with E-state index < -0.39 is 5.60 Å². The van der Waals surface area contributed by atoms with E-state index in [1.165, 1.54) is 0 Å². The molecule has 1 saturated heterocycles. The van der Waals surface area contributed by atoms with Gasteiger partial charge < -0.3 is 19.9 Å². The van der Waals surface area contributed by atoms with Gasteiger partial charge in [-0.1, -0.05) is 0 Å². The Kier molecular flexibility index (Phi) is 6.45. The smallest absolute Gasteiger partial charge is 0.410 e. The number of rotatable bonds is 4. The van der Waals surface area contributed by atoms with Gasteiger partial charge in [-0.2, -0.15) is 0 Å². The zero-order chi connectivity index (χ0) is 19.3. The molecule has 0 radical (unpaired) electrons. The normalized spacial score (nSPS) is 17.6. The summed E-state index contributed by atoms with van der Waals surface area (Å²) in [7, 11) is 3.77. The highest BCUT2D eigenvalue weighted by atomic mass is 16.6. The molecule has 0 bridgehead atoms. The summed E-state index contributed by atoms with van der Waals surface area (Å²) in [6.45, 7) is 7.44. The lowest BCUT2D eigenvalue weighted by Gasteiger charge is -2.34. The van der Waals surface area contributed by atoms with Gasteiger partial charge in [0, 0.05) is 45.5 Å². The average Bonchev–Trinajstić information content (AvgIpc) is 2.58. The van der Waals surface area contributed by atoms with Crippen molar-refractivity contribution in [2.45, 2.75) is 39.2 Å². The fourth-order valence-corrected chi connectivity index (χ4v) is 2.87. The van der Waals surface area contributed by atoms with Crippen LogP contribution in [0.2, 0.25) is 0 Å². The number of nitrogens with zero attached hydrogens (tertiary/aromatic N) is 3. The number of carbonyl (C=O) groups is 2. The number of amides is 2. The van der Waals surface area contributed by atoms with E-state index in [9.17, 15) is 9.59 Å². The van der Waals surface area contributed by atoms with Crippen molar-refractivity contribution in [2.75, 3.05) is 38.6 Å². The summed E-state index contributed by atoms with van der Waals surface area (Å²) in [5.41, 5.74) is 0.0903. The quantitative estimate of drug-likeness (QED) is 0.891. The number of likely N-dealkylation sites (tertiary alicyclic amines) is 1. The molecule has 0 aliphatic carbocycles. The van der Waals surface area contributed by atoms with E-state index in [1.807, 2.05) is 39.8 Å². The number of nitrogens with one attached hydrogen (secondary N) is 1. The summed E-state index contributed by atoms with van der Waals surface area (Å²) >= 11 is 0. The van der Waals surface area contributed by atoms with Crippen LogP contribution in [0.15, 0.2) is 18.3 Å². The molecule has 7 heteroatoms. The van der Waals surface area contributed by atoms with Crippen molar-refractivity contribution >= 4 is 17.8 Å². The van der Waals surface area contributed by atoms with Gasteiger partial charge in [0.15, 0.2) is 0 Å². The highest BCUT2D eigenvalue weighted by Gasteiger charge is 2.27. The second kappa shape index (κ2) is 8.38. The number of hydrogen-bond acceptors (Lipinski definition) is 5. The van der Waals surface area contributed by atoms with Gasteiger partial charge >= 0.3 is 6.09 Å². The van der Waals surface area contributed by atoms with Crippen LogP contribution in [0.4, 0.5) is 10.6 Å². The Morgan fingerprint density at radius 1 is 1.38 bits per heavy atom. The minimum absolute atomic E-state index is 0.120. The van der Waals surface area contributed by atoms with E-state index in [-0.39, 0.29) is 17.9 Å². The molecule has 7 nitrogen and oxygen atoms in total. The molecule has 1 aliphatic heterocycles. The van der Waals surface area contributed by atoms with Crippen molar-refractivity contribution in [3.8, 4) is 0 Å². The van der Waals surface area contributed by atoms with Crippen LogP contribution in [0.5, 0.6) is 0 Å². The first-order chi connectivity index (χ1) is 12.2. The van der Waals surface area contributed by atoms with Gasteiger partial charge in [0.1, 0.15) is 11.4 Å². The van der Waals surface area contributed by atoms with Crippen LogP contribution in [0.1, 0.15) is 44.0 Å². The molecule has 1 aliphatic rings. The zero-order valence-corrected chi connectivity index (χ0v) is 16.4. The molecular weight excluding hydrogens is 332 g/mol. The minimum atomic E-state index is -0.496. The molecule has 2 heterocycles. The van der Waals surface area contributed by atoms with Crippen molar-refractivity contribution in [1.82, 2.24) is 15.2 Å². The van der Waals surface area contributed by atoms with Crippen LogP contribution in [-0.2, 0) is 4.74 Å². The Morgan fingerprint density at radius 2 is 2.12 bits per heavy atom. The summed E-state index contributed by atoms with van der Waals surface area (Å²) in [5, 5.41) is 2.98. The summed E-state index contributed by atoms with van der Waals surface area (Å²) < 4.78 is 5.44. The summed E-state index contributed by atoms with van der Waals surface area (Å²) in [5.74, 6) is 0.853. The van der Waals surface area contributed by atoms with E-state index in [1.54, 1.807) is 23.2 Å². The Morgan fingerprint density at radius 3 is 2.77 bits per heavy atom. The standard InChI is InChI=1S/C19H30N4O3/c1-19(2,3)26-18(25)23-10-6-7-14(13-23)12-21-17(24)15-8-9-20-16(11-15)22(4)5/h8-9,11,14H,6-7,10,12-13H2,1-5H3,(H,21,24). The van der Waals surface area contributed by atoms with Crippen molar-refractivity contribution in [3.63, 3.8) is 0 Å². The third-order valence-corrected chi connectivity index (χ3v) is 4.19. The Labute approximate surface area is 155 Å². The van der Waals surface area contributed by atoms with Crippen molar-refractivity contribution in [2.24, 2.45) is 5.92 Å². The number of aromatic nitrogens is 1. The van der Waals surface area contributed by atoms with Gasteiger partial charge in [-0.25, -0.2) is 9.78 Å². The number of piperidine rings is 1. The Hall–Kier alpha value is -2.31.